The Morgan fingerprint density at radius 1 is 1.12 bits per heavy atom. The summed E-state index contributed by atoms with van der Waals surface area (Å²) >= 11 is 6.18. The average Bonchev–Trinajstić information content (AvgIpc) is 2.77. The molecular weight excluding hydrogens is 481 g/mol. The van der Waals surface area contributed by atoms with Crippen LogP contribution in [0.15, 0.2) is 42.5 Å². The van der Waals surface area contributed by atoms with Crippen molar-refractivity contribution in [1.82, 2.24) is 10.2 Å². The van der Waals surface area contributed by atoms with Crippen LogP contribution in [0.1, 0.15) is 38.3 Å². The molecule has 0 aliphatic heterocycles. The van der Waals surface area contributed by atoms with Crippen LogP contribution < -0.4 is 9.62 Å². The van der Waals surface area contributed by atoms with Gasteiger partial charge in [-0.3, -0.25) is 13.9 Å². The molecular formula is C24H31ClFN3O4S. The molecule has 0 unspecified atom stereocenters. The van der Waals surface area contributed by atoms with Gasteiger partial charge in [0.05, 0.1) is 11.9 Å². The summed E-state index contributed by atoms with van der Waals surface area (Å²) in [6.07, 6.45) is 1.71. The van der Waals surface area contributed by atoms with Gasteiger partial charge in [0.2, 0.25) is 21.8 Å². The third kappa shape index (κ3) is 7.17. The second-order valence-corrected chi connectivity index (χ2v) is 10.6. The molecule has 0 saturated heterocycles. The van der Waals surface area contributed by atoms with Crippen LogP contribution in [0.5, 0.6) is 0 Å². The Balaban J connectivity index is 2.42. The van der Waals surface area contributed by atoms with Gasteiger partial charge >= 0.3 is 0 Å². The number of amides is 2. The Kier molecular flexibility index (Phi) is 9.46. The van der Waals surface area contributed by atoms with Crippen molar-refractivity contribution in [3.8, 4) is 0 Å². The van der Waals surface area contributed by atoms with Crippen LogP contribution in [-0.4, -0.2) is 50.0 Å². The SMILES string of the molecule is CC[C@H](C)NC(=O)[C@H](C)N(Cc1ccc(F)cc1)C(=O)CN(c1cccc(Cl)c1C)S(C)(=O)=O. The van der Waals surface area contributed by atoms with Crippen molar-refractivity contribution < 1.29 is 22.4 Å². The predicted octanol–water partition coefficient (Wildman–Crippen LogP) is 3.89. The first-order valence-electron chi connectivity index (χ1n) is 10.9. The number of carbonyl (C=O) groups is 2. The maximum absolute atomic E-state index is 13.5. The van der Waals surface area contributed by atoms with Crippen molar-refractivity contribution in [3.63, 3.8) is 0 Å². The Bertz CT molecular complexity index is 1130. The Hall–Kier alpha value is -2.65. The summed E-state index contributed by atoms with van der Waals surface area (Å²) in [5.74, 6) is -1.38. The molecule has 1 N–H and O–H groups in total. The summed E-state index contributed by atoms with van der Waals surface area (Å²) in [6, 6.07) is 9.37. The summed E-state index contributed by atoms with van der Waals surface area (Å²) in [4.78, 5) is 27.6. The van der Waals surface area contributed by atoms with E-state index in [0.717, 1.165) is 10.6 Å². The van der Waals surface area contributed by atoms with Crippen LogP contribution in [0.4, 0.5) is 10.1 Å². The molecule has 2 aromatic carbocycles. The molecule has 7 nitrogen and oxygen atoms in total. The first kappa shape index (κ1) is 27.6. The predicted molar refractivity (Wildman–Crippen MR) is 133 cm³/mol. The number of anilines is 1. The van der Waals surface area contributed by atoms with Gasteiger partial charge in [0.1, 0.15) is 18.4 Å². The molecule has 0 saturated carbocycles. The van der Waals surface area contributed by atoms with Crippen LogP contribution in [0, 0.1) is 12.7 Å². The zero-order chi connectivity index (χ0) is 25.6. The molecule has 186 valence electrons. The van der Waals surface area contributed by atoms with Gasteiger partial charge in [-0.25, -0.2) is 12.8 Å². The van der Waals surface area contributed by atoms with E-state index in [0.29, 0.717) is 22.6 Å². The maximum atomic E-state index is 13.5. The van der Waals surface area contributed by atoms with E-state index in [1.54, 1.807) is 32.0 Å². The van der Waals surface area contributed by atoms with E-state index in [4.69, 9.17) is 11.6 Å². The Labute approximate surface area is 205 Å². The molecule has 2 aromatic rings. The van der Waals surface area contributed by atoms with Gasteiger partial charge in [0, 0.05) is 17.6 Å². The lowest BCUT2D eigenvalue weighted by atomic mass is 10.1. The molecule has 0 aliphatic rings. The fourth-order valence-electron chi connectivity index (χ4n) is 3.30. The Morgan fingerprint density at radius 2 is 1.74 bits per heavy atom. The maximum Gasteiger partial charge on any atom is 0.244 e. The van der Waals surface area contributed by atoms with Crippen molar-refractivity contribution in [2.75, 3.05) is 17.1 Å². The molecule has 34 heavy (non-hydrogen) atoms. The van der Waals surface area contributed by atoms with Crippen molar-refractivity contribution in [1.29, 1.82) is 0 Å². The fourth-order valence-corrected chi connectivity index (χ4v) is 4.37. The van der Waals surface area contributed by atoms with Crippen LogP contribution in [-0.2, 0) is 26.2 Å². The second kappa shape index (κ2) is 11.7. The van der Waals surface area contributed by atoms with E-state index in [2.05, 4.69) is 5.32 Å². The highest BCUT2D eigenvalue weighted by atomic mass is 35.5. The summed E-state index contributed by atoms with van der Waals surface area (Å²) in [6.45, 7) is 6.49. The fraction of sp³-hybridized carbons (Fsp3) is 0.417. The first-order chi connectivity index (χ1) is 15.8. The van der Waals surface area contributed by atoms with Gasteiger partial charge in [-0.2, -0.15) is 0 Å². The van der Waals surface area contributed by atoms with Crippen LogP contribution in [0.3, 0.4) is 0 Å². The molecule has 2 rings (SSSR count). The number of hydrogen-bond acceptors (Lipinski definition) is 4. The zero-order valence-corrected chi connectivity index (χ0v) is 21.6. The molecule has 0 aromatic heterocycles. The molecule has 0 heterocycles. The molecule has 2 amide bonds. The first-order valence-corrected chi connectivity index (χ1v) is 13.1. The lowest BCUT2D eigenvalue weighted by Gasteiger charge is -2.32. The molecule has 0 fully saturated rings. The molecule has 0 radical (unpaired) electrons. The lowest BCUT2D eigenvalue weighted by Crippen LogP contribution is -2.52. The van der Waals surface area contributed by atoms with Gasteiger partial charge in [0.25, 0.3) is 0 Å². The largest absolute Gasteiger partial charge is 0.352 e. The molecule has 2 atom stereocenters. The van der Waals surface area contributed by atoms with Crippen molar-refractivity contribution in [3.05, 3.63) is 64.4 Å². The molecule has 0 aliphatic carbocycles. The normalized spacial score (nSPS) is 13.1. The average molecular weight is 512 g/mol. The highest BCUT2D eigenvalue weighted by molar-refractivity contribution is 7.92. The highest BCUT2D eigenvalue weighted by Crippen LogP contribution is 2.28. The molecule has 10 heteroatoms. The number of benzene rings is 2. The van der Waals surface area contributed by atoms with E-state index in [-0.39, 0.29) is 24.2 Å². The smallest absolute Gasteiger partial charge is 0.244 e. The summed E-state index contributed by atoms with van der Waals surface area (Å²) in [5.41, 5.74) is 1.39. The van der Waals surface area contributed by atoms with Gasteiger partial charge in [-0.15, -0.1) is 0 Å². The lowest BCUT2D eigenvalue weighted by molar-refractivity contribution is -0.139. The highest BCUT2D eigenvalue weighted by Gasteiger charge is 2.31. The van der Waals surface area contributed by atoms with Crippen molar-refractivity contribution in [2.45, 2.75) is 52.7 Å². The summed E-state index contributed by atoms with van der Waals surface area (Å²) in [5, 5.41) is 3.21. The zero-order valence-electron chi connectivity index (χ0n) is 20.0. The van der Waals surface area contributed by atoms with Gasteiger partial charge in [-0.1, -0.05) is 36.7 Å². The number of nitrogens with zero attached hydrogens (tertiary/aromatic N) is 2. The monoisotopic (exact) mass is 511 g/mol. The van der Waals surface area contributed by atoms with E-state index in [1.165, 1.54) is 29.2 Å². The van der Waals surface area contributed by atoms with E-state index < -0.39 is 34.3 Å². The molecule has 0 spiro atoms. The third-order valence-electron chi connectivity index (χ3n) is 5.62. The quantitative estimate of drug-likeness (QED) is 0.524. The standard InChI is InChI=1S/C24H31ClFN3O4S/c1-6-16(2)27-24(31)18(4)28(14-19-10-12-20(26)13-11-19)23(30)15-29(34(5,32)33)22-9-7-8-21(25)17(22)3/h7-13,16,18H,6,14-15H2,1-5H3,(H,27,31)/t16-,18-/m0/s1. The van der Waals surface area contributed by atoms with E-state index in [9.17, 15) is 22.4 Å². The molecule has 0 bridgehead atoms. The van der Waals surface area contributed by atoms with Gasteiger partial charge in [0.15, 0.2) is 0 Å². The van der Waals surface area contributed by atoms with Crippen molar-refractivity contribution in [2.24, 2.45) is 0 Å². The third-order valence-corrected chi connectivity index (χ3v) is 7.16. The number of rotatable bonds is 10. The van der Waals surface area contributed by atoms with Crippen LogP contribution >= 0.6 is 11.6 Å². The summed E-state index contributed by atoms with van der Waals surface area (Å²) in [7, 11) is -3.86. The number of sulfonamides is 1. The second-order valence-electron chi connectivity index (χ2n) is 8.30. The summed E-state index contributed by atoms with van der Waals surface area (Å²) < 4.78 is 39.6. The topological polar surface area (TPSA) is 86.8 Å². The number of halogens is 2. The minimum absolute atomic E-state index is 0.000333. The Morgan fingerprint density at radius 3 is 2.29 bits per heavy atom. The van der Waals surface area contributed by atoms with Crippen LogP contribution in [0.25, 0.3) is 0 Å². The van der Waals surface area contributed by atoms with Gasteiger partial charge in [-0.05, 0) is 62.6 Å². The minimum atomic E-state index is -3.86. The number of nitrogens with one attached hydrogen (secondary N) is 1. The van der Waals surface area contributed by atoms with Gasteiger partial charge < -0.3 is 10.2 Å². The number of hydrogen-bond donors (Lipinski definition) is 1. The number of carbonyl (C=O) groups excluding carboxylic acids is 2. The van der Waals surface area contributed by atoms with Crippen LogP contribution in [0.2, 0.25) is 5.02 Å². The van der Waals surface area contributed by atoms with Crippen molar-refractivity contribution >= 4 is 39.1 Å². The van der Waals surface area contributed by atoms with E-state index in [1.807, 2.05) is 13.8 Å². The van der Waals surface area contributed by atoms with E-state index >= 15 is 0 Å². The minimum Gasteiger partial charge on any atom is -0.352 e.